The van der Waals surface area contributed by atoms with Gasteiger partial charge < -0.3 is 9.47 Å². The Bertz CT molecular complexity index is 1040. The lowest BCUT2D eigenvalue weighted by molar-refractivity contribution is -0.145. The average molecular weight is 478 g/mol. The molecule has 0 aromatic heterocycles. The third-order valence-corrected chi connectivity index (χ3v) is 6.60. The van der Waals surface area contributed by atoms with Crippen LogP contribution in [-0.2, 0) is 16.0 Å². The van der Waals surface area contributed by atoms with Gasteiger partial charge in [0.05, 0.1) is 19.2 Å². The van der Waals surface area contributed by atoms with Gasteiger partial charge in [0.15, 0.2) is 12.0 Å². The highest BCUT2D eigenvalue weighted by Crippen LogP contribution is 2.32. The molecule has 7 nitrogen and oxygen atoms in total. The van der Waals surface area contributed by atoms with Gasteiger partial charge in [0.25, 0.3) is 0 Å². The number of ketones is 1. The highest BCUT2D eigenvalue weighted by Gasteiger charge is 2.30. The Hall–Kier alpha value is -3.19. The molecule has 2 aromatic carbocycles. The van der Waals surface area contributed by atoms with Gasteiger partial charge in [-0.1, -0.05) is 37.6 Å². The summed E-state index contributed by atoms with van der Waals surface area (Å²) in [4.78, 5) is 25.3. The first-order valence-electron chi connectivity index (χ1n) is 12.7. The standard InChI is InChI=1S/C28H35N3O4/c1-2-3-15-34-26(32)18-24-17-23-16-22(11-12-25(23)35-28(24)29)27(33)21-9-7-20(8-10-21)19-30-31-13-5-4-6-14-31/h7-12,16,19,24,28H,2-6,13-15,17-18,29H2,1H3. The lowest BCUT2D eigenvalue weighted by Crippen LogP contribution is -2.41. The van der Waals surface area contributed by atoms with Crippen molar-refractivity contribution in [3.63, 3.8) is 0 Å². The van der Waals surface area contributed by atoms with Crippen molar-refractivity contribution >= 4 is 18.0 Å². The first-order valence-corrected chi connectivity index (χ1v) is 12.7. The number of unbranched alkanes of at least 4 members (excludes halogenated alkanes) is 1. The minimum atomic E-state index is -0.582. The molecule has 0 amide bonds. The summed E-state index contributed by atoms with van der Waals surface area (Å²) in [6.45, 7) is 4.48. The Balaban J connectivity index is 1.39. The number of hydrazone groups is 1. The van der Waals surface area contributed by atoms with Crippen LogP contribution in [0, 0.1) is 5.92 Å². The first kappa shape index (κ1) is 24.9. The van der Waals surface area contributed by atoms with Crippen molar-refractivity contribution in [1.29, 1.82) is 0 Å². The zero-order valence-corrected chi connectivity index (χ0v) is 20.4. The fourth-order valence-corrected chi connectivity index (χ4v) is 4.46. The van der Waals surface area contributed by atoms with Gasteiger partial charge in [-0.25, -0.2) is 0 Å². The summed E-state index contributed by atoms with van der Waals surface area (Å²) in [5.74, 6) is 0.147. The predicted molar refractivity (Wildman–Crippen MR) is 136 cm³/mol. The zero-order chi connectivity index (χ0) is 24.6. The molecule has 0 saturated carbocycles. The molecule has 0 bridgehead atoms. The van der Waals surface area contributed by atoms with Gasteiger partial charge >= 0.3 is 5.97 Å². The molecule has 0 aliphatic carbocycles. The third kappa shape index (κ3) is 6.69. The van der Waals surface area contributed by atoms with E-state index in [4.69, 9.17) is 15.2 Å². The molecule has 35 heavy (non-hydrogen) atoms. The van der Waals surface area contributed by atoms with E-state index in [0.717, 1.165) is 37.1 Å². The lowest BCUT2D eigenvalue weighted by Gasteiger charge is -2.30. The maximum Gasteiger partial charge on any atom is 0.306 e. The Kier molecular flexibility index (Phi) is 8.53. The normalized spacial score (nSPS) is 19.8. The van der Waals surface area contributed by atoms with Crippen molar-refractivity contribution in [3.8, 4) is 5.75 Å². The van der Waals surface area contributed by atoms with Crippen molar-refractivity contribution in [2.75, 3.05) is 19.7 Å². The smallest absolute Gasteiger partial charge is 0.306 e. The summed E-state index contributed by atoms with van der Waals surface area (Å²) >= 11 is 0. The van der Waals surface area contributed by atoms with Crippen molar-refractivity contribution in [2.24, 2.45) is 16.8 Å². The van der Waals surface area contributed by atoms with Crippen molar-refractivity contribution in [3.05, 3.63) is 64.7 Å². The Morgan fingerprint density at radius 1 is 1.11 bits per heavy atom. The Morgan fingerprint density at radius 3 is 2.60 bits per heavy atom. The highest BCUT2D eigenvalue weighted by atomic mass is 16.5. The number of nitrogens with zero attached hydrogens (tertiary/aromatic N) is 2. The number of rotatable bonds is 9. The lowest BCUT2D eigenvalue weighted by atomic mass is 9.90. The number of esters is 1. The van der Waals surface area contributed by atoms with Gasteiger partial charge in [0.1, 0.15) is 5.75 Å². The van der Waals surface area contributed by atoms with Gasteiger partial charge in [-0.15, -0.1) is 0 Å². The zero-order valence-electron chi connectivity index (χ0n) is 20.4. The van der Waals surface area contributed by atoms with Crippen LogP contribution in [0.4, 0.5) is 0 Å². The average Bonchev–Trinajstić information content (AvgIpc) is 2.88. The highest BCUT2D eigenvalue weighted by molar-refractivity contribution is 6.09. The SMILES string of the molecule is CCCCOC(=O)CC1Cc2cc(C(=O)c3ccc(C=NN4CCCCC4)cc3)ccc2OC1N. The van der Waals surface area contributed by atoms with Crippen LogP contribution >= 0.6 is 0 Å². The largest absolute Gasteiger partial charge is 0.475 e. The van der Waals surface area contributed by atoms with E-state index in [1.54, 1.807) is 12.1 Å². The molecule has 7 heteroatoms. The summed E-state index contributed by atoms with van der Waals surface area (Å²) < 4.78 is 11.1. The quantitative estimate of drug-likeness (QED) is 0.250. The van der Waals surface area contributed by atoms with Crippen LogP contribution in [0.2, 0.25) is 0 Å². The maximum absolute atomic E-state index is 13.1. The second kappa shape index (κ2) is 12.0. The van der Waals surface area contributed by atoms with Crippen LogP contribution in [-0.4, -0.2) is 48.9 Å². The summed E-state index contributed by atoms with van der Waals surface area (Å²) in [5.41, 5.74) is 9.21. The minimum Gasteiger partial charge on any atom is -0.475 e. The van der Waals surface area contributed by atoms with Gasteiger partial charge in [-0.2, -0.15) is 5.10 Å². The maximum atomic E-state index is 13.1. The predicted octanol–water partition coefficient (Wildman–Crippen LogP) is 4.31. The number of benzene rings is 2. The molecule has 2 unspecified atom stereocenters. The van der Waals surface area contributed by atoms with E-state index < -0.39 is 6.23 Å². The monoisotopic (exact) mass is 477 g/mol. The summed E-state index contributed by atoms with van der Waals surface area (Å²) in [7, 11) is 0. The van der Waals surface area contributed by atoms with Crippen LogP contribution < -0.4 is 10.5 Å². The van der Waals surface area contributed by atoms with E-state index in [9.17, 15) is 9.59 Å². The van der Waals surface area contributed by atoms with E-state index in [-0.39, 0.29) is 24.1 Å². The van der Waals surface area contributed by atoms with Gasteiger partial charge in [0.2, 0.25) is 0 Å². The number of carbonyl (C=O) groups is 2. The molecule has 186 valence electrons. The molecule has 4 rings (SSSR count). The number of hydrogen-bond acceptors (Lipinski definition) is 7. The number of piperidine rings is 1. The first-order chi connectivity index (χ1) is 17.0. The fourth-order valence-electron chi connectivity index (χ4n) is 4.46. The van der Waals surface area contributed by atoms with Gasteiger partial charge in [0, 0.05) is 30.1 Å². The van der Waals surface area contributed by atoms with Crippen LogP contribution in [0.25, 0.3) is 0 Å². The minimum absolute atomic E-state index is 0.0577. The summed E-state index contributed by atoms with van der Waals surface area (Å²) in [6.07, 6.45) is 7.50. The van der Waals surface area contributed by atoms with Crippen LogP contribution in [0.5, 0.6) is 5.75 Å². The van der Waals surface area contributed by atoms with Crippen molar-refractivity contribution in [2.45, 2.75) is 58.1 Å². The Labute approximate surface area is 207 Å². The second-order valence-corrected chi connectivity index (χ2v) is 9.36. The molecule has 2 atom stereocenters. The van der Waals surface area contributed by atoms with Crippen LogP contribution in [0.3, 0.4) is 0 Å². The fraction of sp³-hybridized carbons (Fsp3) is 0.464. The molecule has 0 spiro atoms. The molecule has 2 aromatic rings. The van der Waals surface area contributed by atoms with E-state index in [2.05, 4.69) is 10.1 Å². The van der Waals surface area contributed by atoms with E-state index in [1.165, 1.54) is 19.3 Å². The third-order valence-electron chi connectivity index (χ3n) is 6.60. The number of fused-ring (bicyclic) bond motifs is 1. The molecule has 1 fully saturated rings. The van der Waals surface area contributed by atoms with E-state index >= 15 is 0 Å². The molecular formula is C28H35N3O4. The van der Waals surface area contributed by atoms with Crippen molar-refractivity contribution in [1.82, 2.24) is 5.01 Å². The molecule has 0 radical (unpaired) electrons. The van der Waals surface area contributed by atoms with Gasteiger partial charge in [-0.05, 0) is 61.4 Å². The molecule has 2 heterocycles. The van der Waals surface area contributed by atoms with Crippen LogP contribution in [0.15, 0.2) is 47.6 Å². The topological polar surface area (TPSA) is 94.2 Å². The molecule has 2 N–H and O–H groups in total. The van der Waals surface area contributed by atoms with E-state index in [0.29, 0.717) is 29.9 Å². The summed E-state index contributed by atoms with van der Waals surface area (Å²) in [5, 5.41) is 6.65. The number of nitrogens with two attached hydrogens (primary N) is 1. The molecular weight excluding hydrogens is 442 g/mol. The number of carbonyl (C=O) groups excluding carboxylic acids is 2. The summed E-state index contributed by atoms with van der Waals surface area (Å²) in [6, 6.07) is 12.9. The molecule has 2 aliphatic rings. The van der Waals surface area contributed by atoms with Crippen molar-refractivity contribution < 1.29 is 19.1 Å². The van der Waals surface area contributed by atoms with E-state index in [1.807, 2.05) is 43.5 Å². The van der Waals surface area contributed by atoms with Crippen LogP contribution in [0.1, 0.15) is 72.5 Å². The molecule has 2 aliphatic heterocycles. The molecule has 1 saturated heterocycles. The number of hydrogen-bond donors (Lipinski definition) is 1. The second-order valence-electron chi connectivity index (χ2n) is 9.36. The Morgan fingerprint density at radius 2 is 1.86 bits per heavy atom. The van der Waals surface area contributed by atoms with Gasteiger partial charge in [-0.3, -0.25) is 20.3 Å². The number of ether oxygens (including phenoxy) is 2.